The molecular weight excluding hydrogens is 336 g/mol. The normalized spacial score (nSPS) is 17.5. The van der Waals surface area contributed by atoms with Crippen LogP contribution >= 0.6 is 0 Å². The smallest absolute Gasteiger partial charge is 0.256 e. The number of hydrogen-bond acceptors (Lipinski definition) is 3. The van der Waals surface area contributed by atoms with Crippen molar-refractivity contribution in [1.29, 1.82) is 0 Å². The zero-order valence-corrected chi connectivity index (χ0v) is 15.6. The van der Waals surface area contributed by atoms with Gasteiger partial charge in [-0.1, -0.05) is 43.2 Å². The van der Waals surface area contributed by atoms with E-state index in [1.165, 1.54) is 5.69 Å². The first-order chi connectivity index (χ1) is 13.2. The SMILES string of the molecule is Cn1cccc1C1CCCCCN1C(=O)c1cnnc(-c2ccccc2)c1. The van der Waals surface area contributed by atoms with Crippen molar-refractivity contribution in [3.8, 4) is 11.3 Å². The largest absolute Gasteiger partial charge is 0.353 e. The lowest BCUT2D eigenvalue weighted by Gasteiger charge is -2.30. The summed E-state index contributed by atoms with van der Waals surface area (Å²) in [6, 6.07) is 16.0. The average molecular weight is 360 g/mol. The maximum atomic E-state index is 13.4. The molecule has 0 aliphatic carbocycles. The molecule has 1 fully saturated rings. The first-order valence-corrected chi connectivity index (χ1v) is 9.54. The van der Waals surface area contributed by atoms with Crippen LogP contribution in [0.2, 0.25) is 0 Å². The number of amides is 1. The van der Waals surface area contributed by atoms with Crippen molar-refractivity contribution in [2.24, 2.45) is 7.05 Å². The van der Waals surface area contributed by atoms with Crippen molar-refractivity contribution < 1.29 is 4.79 Å². The summed E-state index contributed by atoms with van der Waals surface area (Å²) in [7, 11) is 2.05. The van der Waals surface area contributed by atoms with Gasteiger partial charge >= 0.3 is 0 Å². The highest BCUT2D eigenvalue weighted by Crippen LogP contribution is 2.31. The number of likely N-dealkylation sites (tertiary alicyclic amines) is 1. The van der Waals surface area contributed by atoms with Gasteiger partial charge < -0.3 is 9.47 Å². The van der Waals surface area contributed by atoms with Crippen LogP contribution in [0.15, 0.2) is 60.9 Å². The molecule has 138 valence electrons. The number of nitrogens with zero attached hydrogens (tertiary/aromatic N) is 4. The third-order valence-electron chi connectivity index (χ3n) is 5.31. The van der Waals surface area contributed by atoms with E-state index in [9.17, 15) is 4.79 Å². The number of carbonyl (C=O) groups is 1. The Morgan fingerprint density at radius 2 is 1.93 bits per heavy atom. The van der Waals surface area contributed by atoms with Gasteiger partial charge in [-0.2, -0.15) is 10.2 Å². The molecule has 3 heterocycles. The summed E-state index contributed by atoms with van der Waals surface area (Å²) in [6.07, 6.45) is 7.97. The fourth-order valence-corrected chi connectivity index (χ4v) is 3.88. The fraction of sp³-hybridized carbons (Fsp3) is 0.318. The fourth-order valence-electron chi connectivity index (χ4n) is 3.88. The number of benzene rings is 1. The van der Waals surface area contributed by atoms with Crippen molar-refractivity contribution >= 4 is 5.91 Å². The molecule has 1 amide bonds. The Morgan fingerprint density at radius 1 is 1.07 bits per heavy atom. The van der Waals surface area contributed by atoms with Crippen molar-refractivity contribution in [1.82, 2.24) is 19.7 Å². The topological polar surface area (TPSA) is 51.0 Å². The van der Waals surface area contributed by atoms with Crippen LogP contribution in [0.25, 0.3) is 11.3 Å². The van der Waals surface area contributed by atoms with Gasteiger partial charge in [-0.15, -0.1) is 0 Å². The van der Waals surface area contributed by atoms with Crippen molar-refractivity contribution in [3.05, 3.63) is 72.2 Å². The maximum Gasteiger partial charge on any atom is 0.256 e. The van der Waals surface area contributed by atoms with Gasteiger partial charge in [0.25, 0.3) is 5.91 Å². The summed E-state index contributed by atoms with van der Waals surface area (Å²) in [5, 5.41) is 8.32. The molecule has 1 unspecified atom stereocenters. The molecular formula is C22H24N4O. The van der Waals surface area contributed by atoms with E-state index in [2.05, 4.69) is 20.8 Å². The van der Waals surface area contributed by atoms with Gasteiger partial charge in [-0.25, -0.2) is 0 Å². The lowest BCUT2D eigenvalue weighted by molar-refractivity contribution is 0.0674. The van der Waals surface area contributed by atoms with E-state index in [-0.39, 0.29) is 11.9 Å². The zero-order chi connectivity index (χ0) is 18.6. The Hall–Kier alpha value is -2.95. The zero-order valence-electron chi connectivity index (χ0n) is 15.6. The van der Waals surface area contributed by atoms with Crippen LogP contribution in [-0.2, 0) is 7.05 Å². The Morgan fingerprint density at radius 3 is 2.70 bits per heavy atom. The molecule has 0 spiro atoms. The Labute approximate surface area is 159 Å². The molecule has 27 heavy (non-hydrogen) atoms. The molecule has 5 nitrogen and oxygen atoms in total. The average Bonchev–Trinajstić information content (AvgIpc) is 3.00. The molecule has 1 aliphatic heterocycles. The van der Waals surface area contributed by atoms with Gasteiger partial charge in [0.05, 0.1) is 23.5 Å². The molecule has 0 saturated carbocycles. The summed E-state index contributed by atoms with van der Waals surface area (Å²) < 4.78 is 2.12. The minimum absolute atomic E-state index is 0.0372. The lowest BCUT2D eigenvalue weighted by atomic mass is 10.0. The minimum Gasteiger partial charge on any atom is -0.353 e. The summed E-state index contributed by atoms with van der Waals surface area (Å²) in [5.41, 5.74) is 3.49. The summed E-state index contributed by atoms with van der Waals surface area (Å²) >= 11 is 0. The van der Waals surface area contributed by atoms with Gasteiger partial charge in [0, 0.05) is 31.0 Å². The Bertz CT molecular complexity index is 919. The van der Waals surface area contributed by atoms with E-state index in [0.717, 1.165) is 43.5 Å². The quantitative estimate of drug-likeness (QED) is 0.702. The number of carbonyl (C=O) groups excluding carboxylic acids is 1. The summed E-state index contributed by atoms with van der Waals surface area (Å²) in [6.45, 7) is 0.775. The van der Waals surface area contributed by atoms with E-state index in [0.29, 0.717) is 5.56 Å². The molecule has 5 heteroatoms. The van der Waals surface area contributed by atoms with Crippen LogP contribution in [0, 0.1) is 0 Å². The Balaban J connectivity index is 1.67. The summed E-state index contributed by atoms with van der Waals surface area (Å²) in [4.78, 5) is 15.4. The molecule has 1 aliphatic rings. The third kappa shape index (κ3) is 3.63. The van der Waals surface area contributed by atoms with Crippen LogP contribution in [0.5, 0.6) is 0 Å². The second-order valence-corrected chi connectivity index (χ2v) is 7.10. The first kappa shape index (κ1) is 17.5. The highest BCUT2D eigenvalue weighted by Gasteiger charge is 2.29. The van der Waals surface area contributed by atoms with Crippen molar-refractivity contribution in [2.45, 2.75) is 31.7 Å². The van der Waals surface area contributed by atoms with E-state index in [4.69, 9.17) is 0 Å². The molecule has 0 bridgehead atoms. The van der Waals surface area contributed by atoms with E-state index in [1.54, 1.807) is 6.20 Å². The third-order valence-corrected chi connectivity index (χ3v) is 5.31. The molecule has 1 aromatic carbocycles. The Kier molecular flexibility index (Phi) is 5.01. The van der Waals surface area contributed by atoms with Crippen LogP contribution < -0.4 is 0 Å². The lowest BCUT2D eigenvalue weighted by Crippen LogP contribution is -2.35. The maximum absolute atomic E-state index is 13.4. The van der Waals surface area contributed by atoms with Crippen molar-refractivity contribution in [3.63, 3.8) is 0 Å². The van der Waals surface area contributed by atoms with Gasteiger partial charge in [0.2, 0.25) is 0 Å². The molecule has 3 aromatic rings. The van der Waals surface area contributed by atoms with Gasteiger partial charge in [0.1, 0.15) is 0 Å². The molecule has 0 radical (unpaired) electrons. The molecule has 0 N–H and O–H groups in total. The molecule has 1 saturated heterocycles. The first-order valence-electron chi connectivity index (χ1n) is 9.54. The standard InChI is InChI=1S/C22H24N4O/c1-25-13-8-12-20(25)21-11-6-3-7-14-26(21)22(27)18-15-19(24-23-16-18)17-9-4-2-5-10-17/h2,4-5,8-10,12-13,15-16,21H,3,6-7,11,14H2,1H3. The van der Waals surface area contributed by atoms with Gasteiger partial charge in [-0.3, -0.25) is 4.79 Å². The highest BCUT2D eigenvalue weighted by molar-refractivity contribution is 5.95. The predicted octanol–water partition coefficient (Wildman–Crippen LogP) is 4.24. The minimum atomic E-state index is 0.0372. The second-order valence-electron chi connectivity index (χ2n) is 7.10. The number of rotatable bonds is 3. The predicted molar refractivity (Wildman–Crippen MR) is 105 cm³/mol. The van der Waals surface area contributed by atoms with Gasteiger partial charge in [0.15, 0.2) is 0 Å². The van der Waals surface area contributed by atoms with Gasteiger partial charge in [-0.05, 0) is 31.0 Å². The van der Waals surface area contributed by atoms with Crippen molar-refractivity contribution in [2.75, 3.05) is 6.54 Å². The highest BCUT2D eigenvalue weighted by atomic mass is 16.2. The van der Waals surface area contributed by atoms with Crippen LogP contribution in [-0.4, -0.2) is 32.1 Å². The molecule has 2 aromatic heterocycles. The van der Waals surface area contributed by atoms with E-state index >= 15 is 0 Å². The van der Waals surface area contributed by atoms with Crippen LogP contribution in [0.1, 0.15) is 47.8 Å². The van der Waals surface area contributed by atoms with E-state index in [1.807, 2.05) is 60.6 Å². The number of hydrogen-bond donors (Lipinski definition) is 0. The molecule has 1 atom stereocenters. The monoisotopic (exact) mass is 360 g/mol. The number of aryl methyl sites for hydroxylation is 1. The number of aromatic nitrogens is 3. The van der Waals surface area contributed by atoms with Crippen LogP contribution in [0.4, 0.5) is 0 Å². The van der Waals surface area contributed by atoms with E-state index < -0.39 is 0 Å². The van der Waals surface area contributed by atoms with Crippen LogP contribution in [0.3, 0.4) is 0 Å². The molecule has 4 rings (SSSR count). The second kappa shape index (κ2) is 7.74. The summed E-state index contributed by atoms with van der Waals surface area (Å²) in [5.74, 6) is 0.0372.